The molecule has 0 bridgehead atoms. The number of aromatic carboxylic acids is 1. The van der Waals surface area contributed by atoms with Crippen LogP contribution in [0.3, 0.4) is 0 Å². The SMILES string of the molecule is COc1c(F)c(F)c(C(=O)NC(=S)Nc2cccc(C(=O)O)c2)c(F)c1F. The number of hydrogen-bond donors (Lipinski definition) is 3. The van der Waals surface area contributed by atoms with Crippen molar-refractivity contribution in [3.8, 4) is 5.75 Å². The minimum Gasteiger partial charge on any atom is -0.491 e. The van der Waals surface area contributed by atoms with Gasteiger partial charge in [0.05, 0.1) is 12.7 Å². The monoisotopic (exact) mass is 402 g/mol. The normalized spacial score (nSPS) is 10.3. The van der Waals surface area contributed by atoms with Crippen LogP contribution in [0.4, 0.5) is 23.2 Å². The molecule has 1 amide bonds. The van der Waals surface area contributed by atoms with Gasteiger partial charge in [-0.2, -0.15) is 8.78 Å². The van der Waals surface area contributed by atoms with E-state index < -0.39 is 51.6 Å². The molecule has 2 aromatic carbocycles. The van der Waals surface area contributed by atoms with Crippen molar-refractivity contribution < 1.29 is 37.0 Å². The molecule has 3 N–H and O–H groups in total. The zero-order valence-corrected chi connectivity index (χ0v) is 14.2. The predicted octanol–water partition coefficient (Wildman–Crippen LogP) is 3.08. The molecule has 0 aliphatic rings. The van der Waals surface area contributed by atoms with Crippen LogP contribution in [0.15, 0.2) is 24.3 Å². The van der Waals surface area contributed by atoms with Crippen molar-refractivity contribution in [1.29, 1.82) is 0 Å². The number of halogens is 4. The summed E-state index contributed by atoms with van der Waals surface area (Å²) in [6, 6.07) is 5.25. The number of rotatable bonds is 4. The summed E-state index contributed by atoms with van der Waals surface area (Å²) in [5.41, 5.74) is -1.48. The molecule has 0 unspecified atom stereocenters. The number of carbonyl (C=O) groups is 2. The number of amides is 1. The molecule has 142 valence electrons. The summed E-state index contributed by atoms with van der Waals surface area (Å²) in [6.07, 6.45) is 0. The highest BCUT2D eigenvalue weighted by Crippen LogP contribution is 2.29. The summed E-state index contributed by atoms with van der Waals surface area (Å²) < 4.78 is 59.4. The molecular formula is C16H10F4N2O4S. The molecule has 0 atom stereocenters. The van der Waals surface area contributed by atoms with Crippen LogP contribution in [0.25, 0.3) is 0 Å². The van der Waals surface area contributed by atoms with Crippen LogP contribution in [0.1, 0.15) is 20.7 Å². The molecule has 0 saturated heterocycles. The Hall–Kier alpha value is -3.21. The molecular weight excluding hydrogens is 392 g/mol. The summed E-state index contributed by atoms with van der Waals surface area (Å²) in [4.78, 5) is 22.9. The van der Waals surface area contributed by atoms with Gasteiger partial charge in [-0.3, -0.25) is 10.1 Å². The van der Waals surface area contributed by atoms with E-state index in [1.165, 1.54) is 24.3 Å². The van der Waals surface area contributed by atoms with Crippen molar-refractivity contribution in [2.45, 2.75) is 0 Å². The second kappa shape index (κ2) is 7.99. The fourth-order valence-corrected chi connectivity index (χ4v) is 2.26. The third-order valence-corrected chi connectivity index (χ3v) is 3.45. The van der Waals surface area contributed by atoms with E-state index in [0.29, 0.717) is 0 Å². The van der Waals surface area contributed by atoms with E-state index in [1.807, 2.05) is 5.32 Å². The zero-order valence-electron chi connectivity index (χ0n) is 13.4. The van der Waals surface area contributed by atoms with E-state index in [-0.39, 0.29) is 11.3 Å². The fraction of sp³-hybridized carbons (Fsp3) is 0.0625. The van der Waals surface area contributed by atoms with Crippen LogP contribution < -0.4 is 15.4 Å². The molecule has 2 rings (SSSR count). The number of ether oxygens (including phenoxy) is 1. The maximum Gasteiger partial charge on any atom is 0.335 e. The molecule has 2 aromatic rings. The second-order valence-corrected chi connectivity index (χ2v) is 5.37. The largest absolute Gasteiger partial charge is 0.491 e. The van der Waals surface area contributed by atoms with Crippen LogP contribution in [-0.4, -0.2) is 29.2 Å². The molecule has 0 aromatic heterocycles. The molecule has 11 heteroatoms. The van der Waals surface area contributed by atoms with Gasteiger partial charge in [-0.1, -0.05) is 6.07 Å². The quantitative estimate of drug-likeness (QED) is 0.414. The molecule has 0 heterocycles. The van der Waals surface area contributed by atoms with Crippen LogP contribution in [0.5, 0.6) is 5.75 Å². The van der Waals surface area contributed by atoms with Gasteiger partial charge in [0.15, 0.2) is 22.5 Å². The average Bonchev–Trinajstić information content (AvgIpc) is 2.60. The summed E-state index contributed by atoms with van der Waals surface area (Å²) in [5, 5.41) is 12.7. The summed E-state index contributed by atoms with van der Waals surface area (Å²) in [7, 11) is 0.796. The summed E-state index contributed by atoms with van der Waals surface area (Å²) >= 11 is 4.77. The first-order valence-corrected chi connectivity index (χ1v) is 7.43. The highest BCUT2D eigenvalue weighted by molar-refractivity contribution is 7.80. The predicted molar refractivity (Wildman–Crippen MR) is 89.9 cm³/mol. The van der Waals surface area contributed by atoms with Gasteiger partial charge in [-0.15, -0.1) is 0 Å². The molecule has 0 aliphatic carbocycles. The van der Waals surface area contributed by atoms with E-state index in [9.17, 15) is 27.2 Å². The number of anilines is 1. The Morgan fingerprint density at radius 3 is 2.19 bits per heavy atom. The standard InChI is InChI=1S/C16H10F4N2O4S/c1-26-13-11(19)9(17)8(10(18)12(13)20)14(23)22-16(27)21-7-4-2-3-6(5-7)15(24)25/h2-5H,1H3,(H,24,25)(H2,21,22,23,27). The fourth-order valence-electron chi connectivity index (χ4n) is 2.05. The molecule has 0 fully saturated rings. The lowest BCUT2D eigenvalue weighted by Gasteiger charge is -2.13. The Morgan fingerprint density at radius 1 is 1.07 bits per heavy atom. The van der Waals surface area contributed by atoms with Crippen LogP contribution in [0.2, 0.25) is 0 Å². The van der Waals surface area contributed by atoms with Crippen molar-refractivity contribution in [3.63, 3.8) is 0 Å². The first-order valence-electron chi connectivity index (χ1n) is 7.03. The van der Waals surface area contributed by atoms with E-state index >= 15 is 0 Å². The number of benzene rings is 2. The van der Waals surface area contributed by atoms with Gasteiger partial charge in [0.1, 0.15) is 5.56 Å². The number of hydrogen-bond acceptors (Lipinski definition) is 4. The van der Waals surface area contributed by atoms with Gasteiger partial charge in [0, 0.05) is 5.69 Å². The van der Waals surface area contributed by atoms with Crippen LogP contribution in [-0.2, 0) is 0 Å². The van der Waals surface area contributed by atoms with E-state index in [4.69, 9.17) is 17.3 Å². The first-order chi connectivity index (χ1) is 12.7. The third-order valence-electron chi connectivity index (χ3n) is 3.25. The van der Waals surface area contributed by atoms with Crippen LogP contribution in [0, 0.1) is 23.3 Å². The number of nitrogens with one attached hydrogen (secondary N) is 2. The van der Waals surface area contributed by atoms with Gasteiger partial charge in [-0.25, -0.2) is 13.6 Å². The Morgan fingerprint density at radius 2 is 1.67 bits per heavy atom. The highest BCUT2D eigenvalue weighted by atomic mass is 32.1. The Labute approximate surface area is 154 Å². The molecule has 0 spiro atoms. The second-order valence-electron chi connectivity index (χ2n) is 4.96. The van der Waals surface area contributed by atoms with Crippen molar-refractivity contribution in [1.82, 2.24) is 5.32 Å². The van der Waals surface area contributed by atoms with Gasteiger partial charge in [-0.05, 0) is 30.4 Å². The molecule has 0 saturated carbocycles. The average molecular weight is 402 g/mol. The maximum atomic E-state index is 13.9. The zero-order chi connectivity index (χ0) is 20.3. The van der Waals surface area contributed by atoms with Crippen molar-refractivity contribution in [2.75, 3.05) is 12.4 Å². The number of carbonyl (C=O) groups excluding carboxylic acids is 1. The molecule has 0 aliphatic heterocycles. The van der Waals surface area contributed by atoms with Crippen LogP contribution >= 0.6 is 12.2 Å². The topological polar surface area (TPSA) is 87.7 Å². The number of carboxylic acids is 1. The first kappa shape index (κ1) is 20.1. The molecule has 6 nitrogen and oxygen atoms in total. The van der Waals surface area contributed by atoms with E-state index in [1.54, 1.807) is 0 Å². The lowest BCUT2D eigenvalue weighted by atomic mass is 10.1. The highest BCUT2D eigenvalue weighted by Gasteiger charge is 2.30. The Balaban J connectivity index is 2.24. The Kier molecular flexibility index (Phi) is 5.95. The Bertz CT molecular complexity index is 923. The van der Waals surface area contributed by atoms with E-state index in [2.05, 4.69) is 10.1 Å². The van der Waals surface area contributed by atoms with E-state index in [0.717, 1.165) is 7.11 Å². The maximum absolute atomic E-state index is 13.9. The third kappa shape index (κ3) is 4.14. The smallest absolute Gasteiger partial charge is 0.335 e. The van der Waals surface area contributed by atoms with Crippen molar-refractivity contribution in [2.24, 2.45) is 0 Å². The number of carboxylic acid groups (broad SMARTS) is 1. The minimum atomic E-state index is -1.96. The van der Waals surface area contributed by atoms with Crippen molar-refractivity contribution >= 4 is 34.9 Å². The van der Waals surface area contributed by atoms with Gasteiger partial charge < -0.3 is 15.2 Å². The van der Waals surface area contributed by atoms with Gasteiger partial charge in [0.2, 0.25) is 11.6 Å². The van der Waals surface area contributed by atoms with Crippen molar-refractivity contribution in [3.05, 3.63) is 58.7 Å². The number of thiocarbonyl (C=S) groups is 1. The summed E-state index contributed by atoms with van der Waals surface area (Å²) in [5.74, 6) is -11.8. The lowest BCUT2D eigenvalue weighted by molar-refractivity contribution is 0.0696. The molecule has 0 radical (unpaired) electrons. The molecule has 27 heavy (non-hydrogen) atoms. The van der Waals surface area contributed by atoms with Gasteiger partial charge >= 0.3 is 5.97 Å². The van der Waals surface area contributed by atoms with Gasteiger partial charge in [0.25, 0.3) is 5.91 Å². The minimum absolute atomic E-state index is 0.0921. The lowest BCUT2D eigenvalue weighted by Crippen LogP contribution is -2.35. The number of methoxy groups -OCH3 is 1. The summed E-state index contributed by atoms with van der Waals surface area (Å²) in [6.45, 7) is 0.